The lowest BCUT2D eigenvalue weighted by Crippen LogP contribution is -2.33. The molecule has 2 N–H and O–H groups in total. The third kappa shape index (κ3) is 5.16. The Morgan fingerprint density at radius 3 is 2.38 bits per heavy atom. The highest BCUT2D eigenvalue weighted by Crippen LogP contribution is 2.22. The van der Waals surface area contributed by atoms with Gasteiger partial charge in [0.15, 0.2) is 0 Å². The molecule has 142 valence electrons. The van der Waals surface area contributed by atoms with Crippen molar-refractivity contribution in [3.63, 3.8) is 0 Å². The highest BCUT2D eigenvalue weighted by Gasteiger charge is 2.20. The molecule has 0 aliphatic rings. The predicted octanol–water partition coefficient (Wildman–Crippen LogP) is 3.61. The minimum atomic E-state index is -3.64. The molecule has 2 aromatic rings. The molecule has 0 fully saturated rings. The van der Waals surface area contributed by atoms with Crippen molar-refractivity contribution >= 4 is 27.3 Å². The van der Waals surface area contributed by atoms with Crippen LogP contribution in [0.15, 0.2) is 34.5 Å². The molecule has 1 atom stereocenters. The van der Waals surface area contributed by atoms with E-state index in [2.05, 4.69) is 10.0 Å². The van der Waals surface area contributed by atoms with Gasteiger partial charge in [0.05, 0.1) is 10.9 Å². The summed E-state index contributed by atoms with van der Waals surface area (Å²) in [6, 6.07) is 7.61. The Labute approximate surface area is 159 Å². The molecule has 0 saturated carbocycles. The summed E-state index contributed by atoms with van der Waals surface area (Å²) in [5, 5.41) is 4.94. The van der Waals surface area contributed by atoms with Crippen molar-refractivity contribution in [1.82, 2.24) is 10.0 Å². The van der Waals surface area contributed by atoms with Crippen molar-refractivity contribution in [2.45, 2.75) is 51.5 Å². The molecular formula is C19H26N2O3S2. The second-order valence-electron chi connectivity index (χ2n) is 6.42. The first kappa shape index (κ1) is 20.6. The minimum Gasteiger partial charge on any atom is -0.348 e. The van der Waals surface area contributed by atoms with Crippen LogP contribution in [-0.2, 0) is 14.8 Å². The number of carbonyl (C=O) groups is 1. The van der Waals surface area contributed by atoms with Crippen LogP contribution in [-0.4, -0.2) is 20.9 Å². The van der Waals surface area contributed by atoms with E-state index in [9.17, 15) is 13.2 Å². The van der Waals surface area contributed by atoms with E-state index in [1.807, 2.05) is 43.5 Å². The largest absolute Gasteiger partial charge is 0.348 e. The zero-order valence-electron chi connectivity index (χ0n) is 15.6. The molecule has 1 unspecified atom stereocenters. The molecule has 1 heterocycles. The van der Waals surface area contributed by atoms with Crippen LogP contribution < -0.4 is 10.0 Å². The van der Waals surface area contributed by atoms with E-state index in [-0.39, 0.29) is 24.9 Å². The van der Waals surface area contributed by atoms with E-state index >= 15 is 0 Å². The van der Waals surface area contributed by atoms with Gasteiger partial charge in [0, 0.05) is 17.8 Å². The van der Waals surface area contributed by atoms with Crippen LogP contribution in [0.3, 0.4) is 0 Å². The summed E-state index contributed by atoms with van der Waals surface area (Å²) in [6.07, 6.45) is 0.894. The number of hydrogen-bond acceptors (Lipinski definition) is 4. The summed E-state index contributed by atoms with van der Waals surface area (Å²) < 4.78 is 27.7. The molecule has 1 amide bonds. The summed E-state index contributed by atoms with van der Waals surface area (Å²) in [5.74, 6) is -0.162. The molecule has 0 saturated heterocycles. The molecule has 0 bridgehead atoms. The fourth-order valence-corrected chi connectivity index (χ4v) is 5.43. The van der Waals surface area contributed by atoms with Gasteiger partial charge in [0.25, 0.3) is 0 Å². The second-order valence-corrected chi connectivity index (χ2v) is 9.10. The molecule has 5 nitrogen and oxygen atoms in total. The normalized spacial score (nSPS) is 12.8. The Morgan fingerprint density at radius 1 is 1.19 bits per heavy atom. The van der Waals surface area contributed by atoms with Crippen LogP contribution in [0.25, 0.3) is 0 Å². The van der Waals surface area contributed by atoms with Crippen molar-refractivity contribution < 1.29 is 13.2 Å². The Balaban J connectivity index is 1.95. The number of amides is 1. The first-order valence-electron chi connectivity index (χ1n) is 8.65. The zero-order chi connectivity index (χ0) is 19.3. The van der Waals surface area contributed by atoms with Gasteiger partial charge >= 0.3 is 0 Å². The fraction of sp³-hybridized carbons (Fsp3) is 0.421. The molecule has 2 rings (SSSR count). The van der Waals surface area contributed by atoms with E-state index in [4.69, 9.17) is 0 Å². The predicted molar refractivity (Wildman–Crippen MR) is 106 cm³/mol. The van der Waals surface area contributed by atoms with Gasteiger partial charge in [-0.2, -0.15) is 0 Å². The van der Waals surface area contributed by atoms with Crippen molar-refractivity contribution in [3.8, 4) is 0 Å². The quantitative estimate of drug-likeness (QED) is 0.718. The van der Waals surface area contributed by atoms with Crippen LogP contribution in [0, 0.1) is 20.8 Å². The topological polar surface area (TPSA) is 75.3 Å². The molecule has 1 aromatic heterocycles. The minimum absolute atomic E-state index is 0.0271. The SMILES string of the molecule is CCC(NC(=O)CCNS(=O)(=O)c1c(C)cc(C)cc1C)c1cccs1. The summed E-state index contributed by atoms with van der Waals surface area (Å²) >= 11 is 1.60. The lowest BCUT2D eigenvalue weighted by Gasteiger charge is -2.16. The van der Waals surface area contributed by atoms with Gasteiger partial charge in [-0.15, -0.1) is 11.3 Å². The third-order valence-electron chi connectivity index (χ3n) is 4.15. The van der Waals surface area contributed by atoms with Crippen molar-refractivity contribution in [3.05, 3.63) is 51.2 Å². The highest BCUT2D eigenvalue weighted by atomic mass is 32.2. The van der Waals surface area contributed by atoms with Crippen molar-refractivity contribution in [2.75, 3.05) is 6.54 Å². The van der Waals surface area contributed by atoms with Gasteiger partial charge in [0.2, 0.25) is 15.9 Å². The van der Waals surface area contributed by atoms with Gasteiger partial charge in [-0.25, -0.2) is 13.1 Å². The van der Waals surface area contributed by atoms with E-state index in [0.717, 1.165) is 16.9 Å². The third-order valence-corrected chi connectivity index (χ3v) is 6.90. The van der Waals surface area contributed by atoms with Crippen LogP contribution in [0.4, 0.5) is 0 Å². The standard InChI is InChI=1S/C19H26N2O3S2/c1-5-16(17-7-6-10-25-17)21-18(22)8-9-20-26(23,24)19-14(3)11-13(2)12-15(19)4/h6-7,10-12,16,20H,5,8-9H2,1-4H3,(H,21,22). The van der Waals surface area contributed by atoms with Gasteiger partial charge in [-0.05, 0) is 49.8 Å². The lowest BCUT2D eigenvalue weighted by molar-refractivity contribution is -0.121. The first-order valence-corrected chi connectivity index (χ1v) is 11.0. The molecular weight excluding hydrogens is 368 g/mol. The Bertz CT molecular complexity index is 836. The van der Waals surface area contributed by atoms with E-state index < -0.39 is 10.0 Å². The van der Waals surface area contributed by atoms with Crippen molar-refractivity contribution in [1.29, 1.82) is 0 Å². The first-order chi connectivity index (χ1) is 12.2. The maximum atomic E-state index is 12.6. The lowest BCUT2D eigenvalue weighted by atomic mass is 10.1. The van der Waals surface area contributed by atoms with E-state index in [0.29, 0.717) is 16.0 Å². The Hall–Kier alpha value is -1.70. The van der Waals surface area contributed by atoms with Gasteiger partial charge in [-0.3, -0.25) is 4.79 Å². The fourth-order valence-electron chi connectivity index (χ4n) is 3.09. The van der Waals surface area contributed by atoms with Crippen LogP contribution in [0.2, 0.25) is 0 Å². The van der Waals surface area contributed by atoms with E-state index in [1.165, 1.54) is 0 Å². The molecule has 1 aromatic carbocycles. The number of thiophene rings is 1. The average molecular weight is 395 g/mol. The van der Waals surface area contributed by atoms with E-state index in [1.54, 1.807) is 25.2 Å². The Morgan fingerprint density at radius 2 is 1.85 bits per heavy atom. The number of sulfonamides is 1. The number of carbonyl (C=O) groups excluding carboxylic acids is 1. The summed E-state index contributed by atoms with van der Waals surface area (Å²) in [7, 11) is -3.64. The van der Waals surface area contributed by atoms with Gasteiger partial charge < -0.3 is 5.32 Å². The number of hydrogen-bond donors (Lipinski definition) is 2. The maximum absolute atomic E-state index is 12.6. The smallest absolute Gasteiger partial charge is 0.241 e. The summed E-state index contributed by atoms with van der Waals surface area (Å²) in [5.41, 5.74) is 2.45. The summed E-state index contributed by atoms with van der Waals surface area (Å²) in [6.45, 7) is 7.59. The van der Waals surface area contributed by atoms with Crippen molar-refractivity contribution in [2.24, 2.45) is 0 Å². The molecule has 0 radical (unpaired) electrons. The summed E-state index contributed by atoms with van der Waals surface area (Å²) in [4.78, 5) is 13.6. The van der Waals surface area contributed by atoms with Gasteiger partial charge in [-0.1, -0.05) is 30.7 Å². The molecule has 0 spiro atoms. The monoisotopic (exact) mass is 394 g/mol. The molecule has 26 heavy (non-hydrogen) atoms. The zero-order valence-corrected chi connectivity index (χ0v) is 17.3. The number of rotatable bonds is 8. The maximum Gasteiger partial charge on any atom is 0.241 e. The van der Waals surface area contributed by atoms with Crippen LogP contribution in [0.1, 0.15) is 47.4 Å². The Kier molecular flexibility index (Phi) is 6.97. The molecule has 7 heteroatoms. The van der Waals surface area contributed by atoms with Crippen LogP contribution in [0.5, 0.6) is 0 Å². The highest BCUT2D eigenvalue weighted by molar-refractivity contribution is 7.89. The molecule has 0 aliphatic carbocycles. The number of benzene rings is 1. The second kappa shape index (κ2) is 8.79. The average Bonchev–Trinajstić information content (AvgIpc) is 3.05. The van der Waals surface area contributed by atoms with Crippen LogP contribution >= 0.6 is 11.3 Å². The number of nitrogens with one attached hydrogen (secondary N) is 2. The number of aryl methyl sites for hydroxylation is 3. The molecule has 0 aliphatic heterocycles. The van der Waals surface area contributed by atoms with Gasteiger partial charge in [0.1, 0.15) is 0 Å².